The third-order valence-electron chi connectivity index (χ3n) is 6.04. The molecule has 0 unspecified atom stereocenters. The summed E-state index contributed by atoms with van der Waals surface area (Å²) in [6.45, 7) is 12.9. The van der Waals surface area contributed by atoms with Crippen LogP contribution in [0.1, 0.15) is 62.3 Å². The molecule has 0 saturated heterocycles. The van der Waals surface area contributed by atoms with E-state index in [1.807, 2.05) is 0 Å². The smallest absolute Gasteiger partial charge is 0.407 e. The molecule has 0 bridgehead atoms. The van der Waals surface area contributed by atoms with Gasteiger partial charge in [0.25, 0.3) is 11.8 Å². The fourth-order valence-corrected chi connectivity index (χ4v) is 3.89. The molecule has 20 nitrogen and oxygen atoms in total. The SMILES string of the molecule is CC(C)(C)OC(=O)NCCOCCNC(=O)c1cc(NC(=O)NCCOCCOCCNC(=O)O)cc(C(=O)NCCOCCNC(=O)OC(C)(C)C)c1. The Bertz CT molecular complexity index is 1260. The second-order valence-electron chi connectivity index (χ2n) is 13.2. The number of hydrogen-bond acceptors (Lipinski definition) is 12. The number of anilines is 1. The van der Waals surface area contributed by atoms with E-state index in [1.165, 1.54) is 18.2 Å². The number of carboxylic acid groups (broad SMARTS) is 1. The number of carbonyl (C=O) groups excluding carboxylic acids is 5. The third-order valence-corrected chi connectivity index (χ3v) is 6.04. The van der Waals surface area contributed by atoms with Gasteiger partial charge in [-0.15, -0.1) is 0 Å². The minimum Gasteiger partial charge on any atom is -0.465 e. The molecule has 0 aliphatic heterocycles. The number of urea groups is 1. The highest BCUT2D eigenvalue weighted by Crippen LogP contribution is 2.16. The third kappa shape index (κ3) is 25.9. The van der Waals surface area contributed by atoms with Gasteiger partial charge in [-0.1, -0.05) is 0 Å². The lowest BCUT2D eigenvalue weighted by Crippen LogP contribution is -2.35. The van der Waals surface area contributed by atoms with Crippen LogP contribution in [-0.4, -0.2) is 145 Å². The molecular weight excluding hydrogens is 714 g/mol. The number of hydrogen-bond donors (Lipinski definition) is 8. The number of carbonyl (C=O) groups is 6. The summed E-state index contributed by atoms with van der Waals surface area (Å²) in [5, 5.41) is 26.4. The molecule has 306 valence electrons. The van der Waals surface area contributed by atoms with Crippen molar-refractivity contribution in [1.29, 1.82) is 0 Å². The maximum absolute atomic E-state index is 13.0. The van der Waals surface area contributed by atoms with E-state index in [4.69, 9.17) is 33.5 Å². The molecule has 0 aliphatic carbocycles. The number of nitrogens with one attached hydrogen (secondary N) is 7. The highest BCUT2D eigenvalue weighted by molar-refractivity contribution is 6.02. The van der Waals surface area contributed by atoms with Gasteiger partial charge in [0.2, 0.25) is 0 Å². The van der Waals surface area contributed by atoms with Crippen molar-refractivity contribution < 1.29 is 62.3 Å². The topological polar surface area (TPSA) is 262 Å². The summed E-state index contributed by atoms with van der Waals surface area (Å²) in [5.74, 6) is -1.06. The predicted molar refractivity (Wildman–Crippen MR) is 196 cm³/mol. The van der Waals surface area contributed by atoms with Crippen molar-refractivity contribution in [2.75, 3.05) is 97.4 Å². The van der Waals surface area contributed by atoms with Crippen LogP contribution in [0.15, 0.2) is 18.2 Å². The summed E-state index contributed by atoms with van der Waals surface area (Å²) in [4.78, 5) is 72.5. The highest BCUT2D eigenvalue weighted by Gasteiger charge is 2.17. The van der Waals surface area contributed by atoms with Crippen molar-refractivity contribution >= 4 is 41.8 Å². The molecule has 54 heavy (non-hydrogen) atoms. The molecule has 1 rings (SSSR count). The van der Waals surface area contributed by atoms with Gasteiger partial charge < -0.3 is 70.7 Å². The van der Waals surface area contributed by atoms with Gasteiger partial charge in [0, 0.05) is 56.1 Å². The van der Waals surface area contributed by atoms with Gasteiger partial charge in [-0.25, -0.2) is 19.2 Å². The van der Waals surface area contributed by atoms with E-state index in [1.54, 1.807) is 41.5 Å². The van der Waals surface area contributed by atoms with Crippen molar-refractivity contribution in [2.24, 2.45) is 0 Å². The predicted octanol–water partition coefficient (Wildman–Crippen LogP) is 1.65. The van der Waals surface area contributed by atoms with Crippen molar-refractivity contribution in [3.63, 3.8) is 0 Å². The molecule has 0 aromatic heterocycles. The standard InChI is InChI=1S/C34H57N7O13/c1-33(2,3)53-31(47)39-11-17-49-13-7-35-27(42)24-21-25(28(43)36-8-14-50-18-12-40-32(48)54-34(4,5)6)23-26(22-24)41-29(44)37-9-15-51-19-20-52-16-10-38-30(45)46/h21-23,38H,7-20H2,1-6H3,(H,35,42)(H,36,43)(H,39,47)(H,40,48)(H,45,46)(H2,37,41,44). The van der Waals surface area contributed by atoms with Gasteiger partial charge in [-0.3, -0.25) is 9.59 Å². The first-order valence-corrected chi connectivity index (χ1v) is 17.4. The molecule has 0 atom stereocenters. The fraction of sp³-hybridized carbons (Fsp3) is 0.647. The van der Waals surface area contributed by atoms with Gasteiger partial charge in [-0.2, -0.15) is 0 Å². The summed E-state index contributed by atoms with van der Waals surface area (Å²) in [5.41, 5.74) is -0.890. The summed E-state index contributed by atoms with van der Waals surface area (Å²) >= 11 is 0. The van der Waals surface area contributed by atoms with Crippen LogP contribution in [0.3, 0.4) is 0 Å². The molecule has 20 heteroatoms. The molecule has 8 N–H and O–H groups in total. The van der Waals surface area contributed by atoms with E-state index < -0.39 is 47.3 Å². The lowest BCUT2D eigenvalue weighted by molar-refractivity contribution is 0.0489. The molecule has 7 amide bonds. The highest BCUT2D eigenvalue weighted by atomic mass is 16.6. The number of amides is 7. The van der Waals surface area contributed by atoms with Crippen molar-refractivity contribution in [2.45, 2.75) is 52.7 Å². The zero-order valence-corrected chi connectivity index (χ0v) is 32.0. The molecule has 0 aliphatic rings. The van der Waals surface area contributed by atoms with Crippen LogP contribution in [0.2, 0.25) is 0 Å². The van der Waals surface area contributed by atoms with Gasteiger partial charge in [0.05, 0.1) is 52.9 Å². The van der Waals surface area contributed by atoms with Crippen LogP contribution in [0.4, 0.5) is 24.9 Å². The van der Waals surface area contributed by atoms with Gasteiger partial charge in [-0.05, 0) is 59.7 Å². The molecule has 0 spiro atoms. The van der Waals surface area contributed by atoms with Crippen molar-refractivity contribution in [1.82, 2.24) is 31.9 Å². The maximum atomic E-state index is 13.0. The first-order valence-electron chi connectivity index (χ1n) is 17.4. The quantitative estimate of drug-likeness (QED) is 0.0697. The summed E-state index contributed by atoms with van der Waals surface area (Å²) in [6.07, 6.45) is -2.27. The summed E-state index contributed by atoms with van der Waals surface area (Å²) < 4.78 is 31.8. The van der Waals surface area contributed by atoms with E-state index in [0.29, 0.717) is 0 Å². The average molecular weight is 772 g/mol. The Kier molecular flexibility index (Phi) is 22.6. The summed E-state index contributed by atoms with van der Waals surface area (Å²) in [6, 6.07) is 3.58. The van der Waals surface area contributed by atoms with Crippen LogP contribution >= 0.6 is 0 Å². The van der Waals surface area contributed by atoms with E-state index in [-0.39, 0.29) is 109 Å². The van der Waals surface area contributed by atoms with Crippen LogP contribution in [0.5, 0.6) is 0 Å². The second kappa shape index (κ2) is 26.0. The molecule has 0 fully saturated rings. The minimum atomic E-state index is -1.14. The Labute approximate surface area is 315 Å². The molecule has 1 aromatic rings. The van der Waals surface area contributed by atoms with Crippen LogP contribution < -0.4 is 37.2 Å². The second-order valence-corrected chi connectivity index (χ2v) is 13.2. The molecule has 0 heterocycles. The molecule has 0 radical (unpaired) electrons. The monoisotopic (exact) mass is 771 g/mol. The first kappa shape index (κ1) is 47.1. The van der Waals surface area contributed by atoms with Crippen molar-refractivity contribution in [3.05, 3.63) is 29.3 Å². The average Bonchev–Trinajstić information content (AvgIpc) is 3.06. The molecular formula is C34H57N7O13. The van der Waals surface area contributed by atoms with E-state index in [2.05, 4.69) is 37.2 Å². The van der Waals surface area contributed by atoms with Crippen LogP contribution in [0, 0.1) is 0 Å². The van der Waals surface area contributed by atoms with Crippen LogP contribution in [0.25, 0.3) is 0 Å². The van der Waals surface area contributed by atoms with E-state index >= 15 is 0 Å². The van der Waals surface area contributed by atoms with Crippen LogP contribution in [-0.2, 0) is 28.4 Å². The molecule has 0 saturated carbocycles. The number of benzene rings is 1. The van der Waals surface area contributed by atoms with Crippen molar-refractivity contribution in [3.8, 4) is 0 Å². The Hall–Kier alpha value is -4.92. The fourth-order valence-electron chi connectivity index (χ4n) is 3.89. The Morgan fingerprint density at radius 3 is 1.24 bits per heavy atom. The zero-order valence-electron chi connectivity index (χ0n) is 32.0. The molecule has 1 aromatic carbocycles. The van der Waals surface area contributed by atoms with Gasteiger partial charge in [0.1, 0.15) is 11.2 Å². The van der Waals surface area contributed by atoms with E-state index in [9.17, 15) is 28.8 Å². The largest absolute Gasteiger partial charge is 0.465 e. The Balaban J connectivity index is 2.65. The van der Waals surface area contributed by atoms with Gasteiger partial charge in [0.15, 0.2) is 0 Å². The lowest BCUT2D eigenvalue weighted by atomic mass is 10.1. The van der Waals surface area contributed by atoms with Gasteiger partial charge >= 0.3 is 24.3 Å². The summed E-state index contributed by atoms with van der Waals surface area (Å²) in [7, 11) is 0. The minimum absolute atomic E-state index is 0.0934. The number of rotatable bonds is 24. The number of ether oxygens (including phenoxy) is 6. The Morgan fingerprint density at radius 2 is 0.852 bits per heavy atom. The lowest BCUT2D eigenvalue weighted by Gasteiger charge is -2.19. The normalized spacial score (nSPS) is 11.1. The Morgan fingerprint density at radius 1 is 0.500 bits per heavy atom. The first-order chi connectivity index (χ1) is 25.4. The zero-order chi connectivity index (χ0) is 40.4. The van der Waals surface area contributed by atoms with E-state index in [0.717, 1.165) is 0 Å². The number of alkyl carbamates (subject to hydrolysis) is 2. The maximum Gasteiger partial charge on any atom is 0.407 e.